The fraction of sp³-hybridized carbons (Fsp3) is 0.294. The van der Waals surface area contributed by atoms with Crippen LogP contribution in [-0.4, -0.2) is 18.3 Å². The van der Waals surface area contributed by atoms with Gasteiger partial charge in [-0.2, -0.15) is 0 Å². The Morgan fingerprint density at radius 3 is 2.55 bits per heavy atom. The van der Waals surface area contributed by atoms with Crippen LogP contribution in [0.1, 0.15) is 16.7 Å². The van der Waals surface area contributed by atoms with E-state index in [4.69, 9.17) is 4.74 Å². The van der Waals surface area contributed by atoms with Crippen LogP contribution in [0.25, 0.3) is 0 Å². The number of benzene rings is 2. The number of halogens is 1. The molecule has 0 heterocycles. The molecule has 0 radical (unpaired) electrons. The van der Waals surface area contributed by atoms with Crippen molar-refractivity contribution >= 4 is 0 Å². The quantitative estimate of drug-likeness (QED) is 0.906. The molecular weight excluding hydrogens is 255 g/mol. The largest absolute Gasteiger partial charge is 0.496 e. The van der Waals surface area contributed by atoms with Crippen molar-refractivity contribution in [3.05, 3.63) is 65.0 Å². The van der Waals surface area contributed by atoms with E-state index in [1.165, 1.54) is 12.1 Å². The van der Waals surface area contributed by atoms with E-state index in [9.17, 15) is 9.50 Å². The minimum atomic E-state index is -0.563. The van der Waals surface area contributed by atoms with E-state index in [1.807, 2.05) is 31.2 Å². The number of aliphatic hydroxyl groups excluding tert-OH is 1. The van der Waals surface area contributed by atoms with E-state index in [2.05, 4.69) is 0 Å². The summed E-state index contributed by atoms with van der Waals surface area (Å²) in [6, 6.07) is 12.3. The van der Waals surface area contributed by atoms with Gasteiger partial charge < -0.3 is 9.84 Å². The monoisotopic (exact) mass is 274 g/mol. The summed E-state index contributed by atoms with van der Waals surface area (Å²) in [5.74, 6) is 0.498. The molecule has 0 saturated heterocycles. The molecule has 0 fully saturated rings. The van der Waals surface area contributed by atoms with E-state index in [0.29, 0.717) is 12.8 Å². The molecule has 0 spiro atoms. The summed E-state index contributed by atoms with van der Waals surface area (Å²) < 4.78 is 18.5. The predicted molar refractivity (Wildman–Crippen MR) is 77.5 cm³/mol. The molecule has 2 aromatic rings. The Labute approximate surface area is 118 Å². The number of hydrogen-bond donors (Lipinski definition) is 1. The smallest absolute Gasteiger partial charge is 0.123 e. The molecule has 2 aromatic carbocycles. The second-order valence-corrected chi connectivity index (χ2v) is 4.94. The van der Waals surface area contributed by atoms with E-state index < -0.39 is 6.10 Å². The van der Waals surface area contributed by atoms with Crippen LogP contribution in [0.3, 0.4) is 0 Å². The topological polar surface area (TPSA) is 29.5 Å². The summed E-state index contributed by atoms with van der Waals surface area (Å²) in [5.41, 5.74) is 2.79. The first-order valence-corrected chi connectivity index (χ1v) is 6.65. The van der Waals surface area contributed by atoms with Gasteiger partial charge in [0.1, 0.15) is 11.6 Å². The molecular formula is C17H19FO2. The molecule has 0 amide bonds. The summed E-state index contributed by atoms with van der Waals surface area (Å²) in [6.45, 7) is 1.92. The van der Waals surface area contributed by atoms with Crippen molar-refractivity contribution in [1.82, 2.24) is 0 Å². The van der Waals surface area contributed by atoms with Crippen LogP contribution in [0.15, 0.2) is 42.5 Å². The Balaban J connectivity index is 2.09. The Bertz CT molecular complexity index is 581. The van der Waals surface area contributed by atoms with E-state index in [1.54, 1.807) is 13.2 Å². The lowest BCUT2D eigenvalue weighted by Crippen LogP contribution is -2.15. The summed E-state index contributed by atoms with van der Waals surface area (Å²) >= 11 is 0. The van der Waals surface area contributed by atoms with Crippen LogP contribution >= 0.6 is 0 Å². The Morgan fingerprint density at radius 2 is 1.80 bits per heavy atom. The molecule has 1 unspecified atom stereocenters. The van der Waals surface area contributed by atoms with Gasteiger partial charge in [0.05, 0.1) is 13.2 Å². The molecule has 20 heavy (non-hydrogen) atoms. The predicted octanol–water partition coefficient (Wildman–Crippen LogP) is 3.29. The number of methoxy groups -OCH3 is 1. The van der Waals surface area contributed by atoms with Crippen molar-refractivity contribution < 1.29 is 14.2 Å². The normalized spacial score (nSPS) is 12.2. The Kier molecular flexibility index (Phi) is 4.74. The van der Waals surface area contributed by atoms with E-state index in [0.717, 1.165) is 22.4 Å². The number of ether oxygens (including phenoxy) is 1. The lowest BCUT2D eigenvalue weighted by atomic mass is 9.98. The minimum Gasteiger partial charge on any atom is -0.496 e. The lowest BCUT2D eigenvalue weighted by molar-refractivity contribution is 0.174. The van der Waals surface area contributed by atoms with Crippen molar-refractivity contribution in [3.8, 4) is 5.75 Å². The van der Waals surface area contributed by atoms with Gasteiger partial charge in [-0.3, -0.25) is 0 Å². The first kappa shape index (κ1) is 14.5. The average molecular weight is 274 g/mol. The molecule has 0 aromatic heterocycles. The van der Waals surface area contributed by atoms with Gasteiger partial charge in [-0.25, -0.2) is 4.39 Å². The van der Waals surface area contributed by atoms with Gasteiger partial charge in [0.25, 0.3) is 0 Å². The number of aryl methyl sites for hydroxylation is 1. The third kappa shape index (κ3) is 3.58. The number of para-hydroxylation sites is 1. The van der Waals surface area contributed by atoms with Crippen LogP contribution in [0.5, 0.6) is 5.75 Å². The minimum absolute atomic E-state index is 0.268. The van der Waals surface area contributed by atoms with Gasteiger partial charge >= 0.3 is 0 Å². The fourth-order valence-corrected chi connectivity index (χ4v) is 2.31. The van der Waals surface area contributed by atoms with Crippen molar-refractivity contribution in [2.24, 2.45) is 0 Å². The van der Waals surface area contributed by atoms with E-state index in [-0.39, 0.29) is 5.82 Å². The molecule has 2 rings (SSSR count). The zero-order valence-electron chi connectivity index (χ0n) is 11.8. The second-order valence-electron chi connectivity index (χ2n) is 4.94. The summed E-state index contributed by atoms with van der Waals surface area (Å²) in [7, 11) is 1.61. The summed E-state index contributed by atoms with van der Waals surface area (Å²) in [4.78, 5) is 0. The standard InChI is InChI=1S/C17H19FO2/c1-12-7-8-15(18)9-14(12)11-16(19)10-13-5-3-4-6-17(13)20-2/h3-9,16,19H,10-11H2,1-2H3. The van der Waals surface area contributed by atoms with Gasteiger partial charge in [-0.15, -0.1) is 0 Å². The van der Waals surface area contributed by atoms with Crippen LogP contribution < -0.4 is 4.74 Å². The Morgan fingerprint density at radius 1 is 1.10 bits per heavy atom. The first-order chi connectivity index (χ1) is 9.60. The number of aliphatic hydroxyl groups is 1. The molecule has 3 heteroatoms. The summed E-state index contributed by atoms with van der Waals surface area (Å²) in [5, 5.41) is 10.2. The van der Waals surface area contributed by atoms with E-state index >= 15 is 0 Å². The highest BCUT2D eigenvalue weighted by molar-refractivity contribution is 5.34. The van der Waals surface area contributed by atoms with Crippen LogP contribution in [0.2, 0.25) is 0 Å². The third-order valence-electron chi connectivity index (χ3n) is 3.41. The maximum Gasteiger partial charge on any atom is 0.123 e. The first-order valence-electron chi connectivity index (χ1n) is 6.65. The van der Waals surface area contributed by atoms with Crippen LogP contribution in [-0.2, 0) is 12.8 Å². The fourth-order valence-electron chi connectivity index (χ4n) is 2.31. The lowest BCUT2D eigenvalue weighted by Gasteiger charge is -2.14. The number of hydrogen-bond acceptors (Lipinski definition) is 2. The van der Waals surface area contributed by atoms with Crippen molar-refractivity contribution in [1.29, 1.82) is 0 Å². The van der Waals surface area contributed by atoms with Crippen molar-refractivity contribution in [2.75, 3.05) is 7.11 Å². The van der Waals surface area contributed by atoms with Gasteiger partial charge in [0.2, 0.25) is 0 Å². The molecule has 0 saturated carbocycles. The number of rotatable bonds is 5. The zero-order chi connectivity index (χ0) is 14.5. The highest BCUT2D eigenvalue weighted by Gasteiger charge is 2.12. The molecule has 0 aliphatic heterocycles. The molecule has 2 nitrogen and oxygen atoms in total. The van der Waals surface area contributed by atoms with Crippen LogP contribution in [0.4, 0.5) is 4.39 Å². The molecule has 1 N–H and O–H groups in total. The highest BCUT2D eigenvalue weighted by Crippen LogP contribution is 2.21. The maximum absolute atomic E-state index is 13.2. The molecule has 0 aliphatic rings. The van der Waals surface area contributed by atoms with Crippen LogP contribution in [0, 0.1) is 12.7 Å². The molecule has 1 atom stereocenters. The van der Waals surface area contributed by atoms with Gasteiger partial charge in [-0.05, 0) is 48.2 Å². The zero-order valence-corrected chi connectivity index (χ0v) is 11.8. The summed E-state index contributed by atoms with van der Waals surface area (Å²) in [6.07, 6.45) is 0.355. The molecule has 0 bridgehead atoms. The SMILES string of the molecule is COc1ccccc1CC(O)Cc1cc(F)ccc1C. The third-order valence-corrected chi connectivity index (χ3v) is 3.41. The molecule has 106 valence electrons. The second kappa shape index (κ2) is 6.53. The van der Waals surface area contributed by atoms with Gasteiger partial charge in [0, 0.05) is 6.42 Å². The average Bonchev–Trinajstić information content (AvgIpc) is 2.43. The highest BCUT2D eigenvalue weighted by atomic mass is 19.1. The van der Waals surface area contributed by atoms with Gasteiger partial charge in [-0.1, -0.05) is 24.3 Å². The molecule has 0 aliphatic carbocycles. The van der Waals surface area contributed by atoms with Gasteiger partial charge in [0.15, 0.2) is 0 Å². The Hall–Kier alpha value is -1.87. The maximum atomic E-state index is 13.2. The van der Waals surface area contributed by atoms with Crippen molar-refractivity contribution in [3.63, 3.8) is 0 Å². The van der Waals surface area contributed by atoms with Crippen molar-refractivity contribution in [2.45, 2.75) is 25.9 Å².